The zero-order valence-corrected chi connectivity index (χ0v) is 11.5. The first-order valence-corrected chi connectivity index (χ1v) is 6.68. The maximum atomic E-state index is 5.41. The molecule has 0 saturated carbocycles. The monoisotopic (exact) mass is 279 g/mol. The molecule has 1 aliphatic rings. The van der Waals surface area contributed by atoms with Crippen LogP contribution in [0, 0.1) is 0 Å². The van der Waals surface area contributed by atoms with Crippen molar-refractivity contribution >= 4 is 10.9 Å². The van der Waals surface area contributed by atoms with Crippen LogP contribution >= 0.6 is 0 Å². The van der Waals surface area contributed by atoms with E-state index in [4.69, 9.17) is 19.2 Å². The molecular formula is C17H13NO3. The fourth-order valence-corrected chi connectivity index (χ4v) is 2.45. The highest BCUT2D eigenvalue weighted by Gasteiger charge is 2.14. The molecule has 0 radical (unpaired) electrons. The zero-order chi connectivity index (χ0) is 14.2. The molecule has 3 aromatic rings. The molecule has 1 aromatic heterocycles. The van der Waals surface area contributed by atoms with Crippen molar-refractivity contribution in [2.75, 3.05) is 13.9 Å². The third-order valence-corrected chi connectivity index (χ3v) is 3.56. The van der Waals surface area contributed by atoms with E-state index < -0.39 is 0 Å². The van der Waals surface area contributed by atoms with E-state index in [1.165, 1.54) is 0 Å². The van der Waals surface area contributed by atoms with Gasteiger partial charge in [0.15, 0.2) is 11.5 Å². The molecule has 21 heavy (non-hydrogen) atoms. The van der Waals surface area contributed by atoms with Gasteiger partial charge in [-0.05, 0) is 42.5 Å². The van der Waals surface area contributed by atoms with E-state index in [1.54, 1.807) is 7.11 Å². The minimum Gasteiger partial charge on any atom is -0.497 e. The Morgan fingerprint density at radius 1 is 0.952 bits per heavy atom. The Hall–Kier alpha value is -2.75. The van der Waals surface area contributed by atoms with Crippen molar-refractivity contribution in [3.05, 3.63) is 48.5 Å². The van der Waals surface area contributed by atoms with Gasteiger partial charge in [-0.1, -0.05) is 6.07 Å². The van der Waals surface area contributed by atoms with E-state index in [1.807, 2.05) is 48.5 Å². The molecule has 2 aromatic carbocycles. The first-order chi connectivity index (χ1) is 10.3. The first kappa shape index (κ1) is 12.0. The summed E-state index contributed by atoms with van der Waals surface area (Å²) in [5.74, 6) is 2.38. The van der Waals surface area contributed by atoms with Gasteiger partial charge in [-0.2, -0.15) is 0 Å². The van der Waals surface area contributed by atoms with Gasteiger partial charge in [-0.3, -0.25) is 0 Å². The second-order valence-corrected chi connectivity index (χ2v) is 4.82. The van der Waals surface area contributed by atoms with Gasteiger partial charge in [-0.15, -0.1) is 0 Å². The number of hydrogen-bond acceptors (Lipinski definition) is 4. The molecular weight excluding hydrogens is 266 g/mol. The Kier molecular flexibility index (Phi) is 2.67. The van der Waals surface area contributed by atoms with Gasteiger partial charge in [-0.25, -0.2) is 4.98 Å². The number of nitrogens with zero attached hydrogens (tertiary/aromatic N) is 1. The van der Waals surface area contributed by atoms with Crippen LogP contribution in [0.5, 0.6) is 17.2 Å². The highest BCUT2D eigenvalue weighted by Crippen LogP contribution is 2.35. The van der Waals surface area contributed by atoms with Crippen molar-refractivity contribution in [2.45, 2.75) is 0 Å². The molecule has 4 rings (SSSR count). The van der Waals surface area contributed by atoms with Crippen molar-refractivity contribution in [1.29, 1.82) is 0 Å². The van der Waals surface area contributed by atoms with Crippen molar-refractivity contribution in [3.63, 3.8) is 0 Å². The molecule has 4 heteroatoms. The zero-order valence-electron chi connectivity index (χ0n) is 11.5. The lowest BCUT2D eigenvalue weighted by Crippen LogP contribution is -1.92. The van der Waals surface area contributed by atoms with Crippen LogP contribution in [0.25, 0.3) is 22.2 Å². The number of benzene rings is 2. The Balaban J connectivity index is 1.80. The molecule has 0 N–H and O–H groups in total. The summed E-state index contributed by atoms with van der Waals surface area (Å²) < 4.78 is 16.0. The molecule has 0 amide bonds. The molecule has 4 nitrogen and oxygen atoms in total. The third kappa shape index (κ3) is 2.05. The summed E-state index contributed by atoms with van der Waals surface area (Å²) in [4.78, 5) is 4.69. The fourth-order valence-electron chi connectivity index (χ4n) is 2.45. The first-order valence-electron chi connectivity index (χ1n) is 6.68. The smallest absolute Gasteiger partial charge is 0.231 e. The van der Waals surface area contributed by atoms with Gasteiger partial charge in [0.1, 0.15) is 5.75 Å². The largest absolute Gasteiger partial charge is 0.497 e. The van der Waals surface area contributed by atoms with Gasteiger partial charge in [0.2, 0.25) is 6.79 Å². The lowest BCUT2D eigenvalue weighted by Gasteiger charge is -2.06. The molecule has 0 unspecified atom stereocenters. The number of hydrogen-bond donors (Lipinski definition) is 0. The Labute approximate surface area is 121 Å². The molecule has 0 saturated heterocycles. The Morgan fingerprint density at radius 3 is 2.76 bits per heavy atom. The predicted octanol–water partition coefficient (Wildman–Crippen LogP) is 3.64. The highest BCUT2D eigenvalue weighted by molar-refractivity contribution is 5.83. The van der Waals surface area contributed by atoms with Crippen LogP contribution in [0.1, 0.15) is 0 Å². The maximum Gasteiger partial charge on any atom is 0.231 e. The Bertz CT molecular complexity index is 829. The maximum absolute atomic E-state index is 5.41. The highest BCUT2D eigenvalue weighted by atomic mass is 16.7. The van der Waals surface area contributed by atoms with Crippen LogP contribution in [0.3, 0.4) is 0 Å². The number of ether oxygens (including phenoxy) is 3. The standard InChI is InChI=1S/C17H13NO3/c1-19-13-4-6-15-11(8-13)2-5-14(18-15)12-3-7-16-17(9-12)21-10-20-16/h2-9H,10H2,1H3. The summed E-state index contributed by atoms with van der Waals surface area (Å²) in [6.07, 6.45) is 0. The number of fused-ring (bicyclic) bond motifs is 2. The Morgan fingerprint density at radius 2 is 1.86 bits per heavy atom. The van der Waals surface area contributed by atoms with E-state index in [-0.39, 0.29) is 6.79 Å². The summed E-state index contributed by atoms with van der Waals surface area (Å²) in [5.41, 5.74) is 2.86. The van der Waals surface area contributed by atoms with Gasteiger partial charge in [0.05, 0.1) is 18.3 Å². The van der Waals surface area contributed by atoms with Crippen LogP contribution in [0.2, 0.25) is 0 Å². The minimum absolute atomic E-state index is 0.281. The summed E-state index contributed by atoms with van der Waals surface area (Å²) in [7, 11) is 1.66. The molecule has 0 fully saturated rings. The second kappa shape index (κ2) is 4.66. The summed E-state index contributed by atoms with van der Waals surface area (Å²) in [6, 6.07) is 15.8. The minimum atomic E-state index is 0.281. The summed E-state index contributed by atoms with van der Waals surface area (Å²) in [6.45, 7) is 0.281. The van der Waals surface area contributed by atoms with E-state index in [0.717, 1.165) is 39.4 Å². The lowest BCUT2D eigenvalue weighted by molar-refractivity contribution is 0.174. The normalized spacial score (nSPS) is 12.6. The molecule has 0 aliphatic carbocycles. The fraction of sp³-hybridized carbons (Fsp3) is 0.118. The summed E-state index contributed by atoms with van der Waals surface area (Å²) in [5, 5.41) is 1.05. The van der Waals surface area contributed by atoms with Crippen molar-refractivity contribution in [1.82, 2.24) is 4.98 Å². The van der Waals surface area contributed by atoms with E-state index >= 15 is 0 Å². The summed E-state index contributed by atoms with van der Waals surface area (Å²) >= 11 is 0. The number of rotatable bonds is 2. The van der Waals surface area contributed by atoms with Crippen LogP contribution in [0.15, 0.2) is 48.5 Å². The van der Waals surface area contributed by atoms with Crippen molar-refractivity contribution in [2.24, 2.45) is 0 Å². The van der Waals surface area contributed by atoms with E-state index in [2.05, 4.69) is 0 Å². The van der Waals surface area contributed by atoms with Gasteiger partial charge in [0.25, 0.3) is 0 Å². The van der Waals surface area contributed by atoms with Crippen LogP contribution in [0.4, 0.5) is 0 Å². The predicted molar refractivity (Wildman–Crippen MR) is 79.9 cm³/mol. The van der Waals surface area contributed by atoms with Gasteiger partial charge < -0.3 is 14.2 Å². The van der Waals surface area contributed by atoms with Gasteiger partial charge >= 0.3 is 0 Å². The van der Waals surface area contributed by atoms with Crippen molar-refractivity contribution < 1.29 is 14.2 Å². The van der Waals surface area contributed by atoms with E-state index in [0.29, 0.717) is 0 Å². The number of methoxy groups -OCH3 is 1. The SMILES string of the molecule is COc1ccc2nc(-c3ccc4c(c3)OCO4)ccc2c1. The van der Waals surface area contributed by atoms with Gasteiger partial charge in [0, 0.05) is 10.9 Å². The third-order valence-electron chi connectivity index (χ3n) is 3.56. The molecule has 1 aliphatic heterocycles. The molecule has 0 spiro atoms. The van der Waals surface area contributed by atoms with E-state index in [9.17, 15) is 0 Å². The number of pyridine rings is 1. The average Bonchev–Trinajstić information content (AvgIpc) is 3.01. The topological polar surface area (TPSA) is 40.6 Å². The average molecular weight is 279 g/mol. The van der Waals surface area contributed by atoms with Crippen LogP contribution in [-0.4, -0.2) is 18.9 Å². The molecule has 0 atom stereocenters. The number of aromatic nitrogens is 1. The van der Waals surface area contributed by atoms with Crippen LogP contribution in [-0.2, 0) is 0 Å². The molecule has 2 heterocycles. The molecule has 104 valence electrons. The quantitative estimate of drug-likeness (QED) is 0.718. The van der Waals surface area contributed by atoms with Crippen molar-refractivity contribution in [3.8, 4) is 28.5 Å². The lowest BCUT2D eigenvalue weighted by atomic mass is 10.1. The van der Waals surface area contributed by atoms with Crippen LogP contribution < -0.4 is 14.2 Å². The second-order valence-electron chi connectivity index (χ2n) is 4.82. The molecule has 0 bridgehead atoms.